The van der Waals surface area contributed by atoms with Gasteiger partial charge in [-0.15, -0.1) is 0 Å². The van der Waals surface area contributed by atoms with Gasteiger partial charge in [-0.05, 0) is 31.0 Å². The first-order valence-corrected chi connectivity index (χ1v) is 8.15. The maximum absolute atomic E-state index is 12.4. The van der Waals surface area contributed by atoms with Crippen LogP contribution in [0, 0.1) is 0 Å². The molecule has 1 unspecified atom stereocenters. The number of sulfonamides is 1. The van der Waals surface area contributed by atoms with Crippen LogP contribution in [0.4, 0.5) is 0 Å². The van der Waals surface area contributed by atoms with Gasteiger partial charge >= 0.3 is 0 Å². The molecule has 0 aromatic heterocycles. The first-order chi connectivity index (χ1) is 9.21. The average molecular weight is 314 g/mol. The number of benzene rings is 1. The SMILES string of the molecule is CC1(O)CCN(S(=O)(=O)c2ccc(CC(N)=S)cc2)C1. The third kappa shape index (κ3) is 3.35. The van der Waals surface area contributed by atoms with E-state index in [0.29, 0.717) is 24.4 Å². The van der Waals surface area contributed by atoms with E-state index >= 15 is 0 Å². The lowest BCUT2D eigenvalue weighted by Crippen LogP contribution is -2.33. The van der Waals surface area contributed by atoms with E-state index in [2.05, 4.69) is 0 Å². The highest BCUT2D eigenvalue weighted by atomic mass is 32.2. The molecule has 0 bridgehead atoms. The van der Waals surface area contributed by atoms with Crippen molar-refractivity contribution in [3.05, 3.63) is 29.8 Å². The van der Waals surface area contributed by atoms with Gasteiger partial charge in [0.25, 0.3) is 0 Å². The highest BCUT2D eigenvalue weighted by Gasteiger charge is 2.38. The minimum atomic E-state index is -3.55. The Morgan fingerprint density at radius 3 is 2.50 bits per heavy atom. The molecule has 1 saturated heterocycles. The molecule has 1 aliphatic heterocycles. The van der Waals surface area contributed by atoms with Crippen LogP contribution in [0.25, 0.3) is 0 Å². The van der Waals surface area contributed by atoms with E-state index in [-0.39, 0.29) is 11.4 Å². The minimum absolute atomic E-state index is 0.129. The zero-order valence-electron chi connectivity index (χ0n) is 11.2. The summed E-state index contributed by atoms with van der Waals surface area (Å²) < 4.78 is 26.2. The van der Waals surface area contributed by atoms with Gasteiger partial charge in [-0.2, -0.15) is 4.31 Å². The van der Waals surface area contributed by atoms with Crippen molar-refractivity contribution in [2.45, 2.75) is 30.3 Å². The number of nitrogens with zero attached hydrogens (tertiary/aromatic N) is 1. The Kier molecular flexibility index (Phi) is 4.15. The Morgan fingerprint density at radius 2 is 2.05 bits per heavy atom. The van der Waals surface area contributed by atoms with Gasteiger partial charge in [0.05, 0.1) is 15.5 Å². The van der Waals surface area contributed by atoms with E-state index in [0.717, 1.165) is 5.56 Å². The van der Waals surface area contributed by atoms with Crippen molar-refractivity contribution < 1.29 is 13.5 Å². The monoisotopic (exact) mass is 314 g/mol. The van der Waals surface area contributed by atoms with Crippen LogP contribution < -0.4 is 5.73 Å². The summed E-state index contributed by atoms with van der Waals surface area (Å²) in [4.78, 5) is 0.595. The highest BCUT2D eigenvalue weighted by molar-refractivity contribution is 7.89. The summed E-state index contributed by atoms with van der Waals surface area (Å²) in [6, 6.07) is 6.52. The van der Waals surface area contributed by atoms with Crippen molar-refractivity contribution >= 4 is 27.2 Å². The van der Waals surface area contributed by atoms with Crippen LogP contribution in [0.15, 0.2) is 29.2 Å². The van der Waals surface area contributed by atoms with Gasteiger partial charge in [0.2, 0.25) is 10.0 Å². The van der Waals surface area contributed by atoms with Gasteiger partial charge in [0.1, 0.15) is 0 Å². The molecule has 5 nitrogen and oxygen atoms in total. The van der Waals surface area contributed by atoms with E-state index in [1.807, 2.05) is 0 Å². The number of hydrogen-bond acceptors (Lipinski definition) is 4. The molecule has 1 aromatic carbocycles. The molecule has 1 fully saturated rings. The molecule has 0 spiro atoms. The van der Waals surface area contributed by atoms with E-state index in [9.17, 15) is 13.5 Å². The Balaban J connectivity index is 2.20. The smallest absolute Gasteiger partial charge is 0.243 e. The van der Waals surface area contributed by atoms with Crippen LogP contribution in [-0.2, 0) is 16.4 Å². The zero-order valence-corrected chi connectivity index (χ0v) is 12.9. The third-order valence-electron chi connectivity index (χ3n) is 3.36. The van der Waals surface area contributed by atoms with Crippen LogP contribution in [0.3, 0.4) is 0 Å². The molecule has 1 heterocycles. The number of aliphatic hydroxyl groups is 1. The molecular weight excluding hydrogens is 296 g/mol. The Bertz CT molecular complexity index is 609. The van der Waals surface area contributed by atoms with Crippen LogP contribution in [-0.4, -0.2) is 41.5 Å². The van der Waals surface area contributed by atoms with Crippen molar-refractivity contribution in [2.75, 3.05) is 13.1 Å². The van der Waals surface area contributed by atoms with Gasteiger partial charge in [-0.3, -0.25) is 0 Å². The van der Waals surface area contributed by atoms with Crippen molar-refractivity contribution in [2.24, 2.45) is 5.73 Å². The first-order valence-electron chi connectivity index (χ1n) is 6.30. The molecule has 0 aliphatic carbocycles. The molecule has 3 N–H and O–H groups in total. The second-order valence-electron chi connectivity index (χ2n) is 5.37. The lowest BCUT2D eigenvalue weighted by atomic mass is 10.1. The van der Waals surface area contributed by atoms with E-state index < -0.39 is 15.6 Å². The molecule has 7 heteroatoms. The normalized spacial score (nSPS) is 23.9. The molecule has 1 aromatic rings. The zero-order chi connectivity index (χ0) is 15.0. The number of thiocarbonyl (C=S) groups is 1. The van der Waals surface area contributed by atoms with Gasteiger partial charge in [-0.25, -0.2) is 8.42 Å². The predicted octanol–water partition coefficient (Wildman–Crippen LogP) is 0.661. The summed E-state index contributed by atoms with van der Waals surface area (Å²) >= 11 is 4.82. The number of nitrogens with two attached hydrogens (primary N) is 1. The molecule has 0 amide bonds. The fraction of sp³-hybridized carbons (Fsp3) is 0.462. The second-order valence-corrected chi connectivity index (χ2v) is 7.83. The summed E-state index contributed by atoms with van der Waals surface area (Å²) in [7, 11) is -3.55. The number of hydrogen-bond donors (Lipinski definition) is 2. The van der Waals surface area contributed by atoms with Crippen LogP contribution in [0.1, 0.15) is 18.9 Å². The summed E-state index contributed by atoms with van der Waals surface area (Å²) in [6.07, 6.45) is 0.903. The third-order valence-corrected chi connectivity index (χ3v) is 5.36. The van der Waals surface area contributed by atoms with E-state index in [1.54, 1.807) is 31.2 Å². The Morgan fingerprint density at radius 1 is 1.45 bits per heavy atom. The minimum Gasteiger partial charge on any atom is -0.393 e. The molecule has 0 saturated carbocycles. The van der Waals surface area contributed by atoms with E-state index in [1.165, 1.54) is 4.31 Å². The van der Waals surface area contributed by atoms with Crippen LogP contribution in [0.2, 0.25) is 0 Å². The molecule has 2 rings (SSSR count). The largest absolute Gasteiger partial charge is 0.393 e. The van der Waals surface area contributed by atoms with Crippen molar-refractivity contribution in [1.29, 1.82) is 0 Å². The Labute approximate surface area is 124 Å². The molecule has 20 heavy (non-hydrogen) atoms. The van der Waals surface area contributed by atoms with Gasteiger partial charge in [-0.1, -0.05) is 24.4 Å². The molecule has 1 aliphatic rings. The van der Waals surface area contributed by atoms with Gasteiger partial charge < -0.3 is 10.8 Å². The molecule has 0 radical (unpaired) electrons. The van der Waals surface area contributed by atoms with Gasteiger partial charge in [0, 0.05) is 19.5 Å². The van der Waals surface area contributed by atoms with E-state index in [4.69, 9.17) is 18.0 Å². The maximum Gasteiger partial charge on any atom is 0.243 e. The Hall–Kier alpha value is -1.02. The molecule has 1 atom stereocenters. The predicted molar refractivity (Wildman–Crippen MR) is 80.9 cm³/mol. The fourth-order valence-electron chi connectivity index (χ4n) is 2.24. The molecular formula is C13H18N2O3S2. The van der Waals surface area contributed by atoms with Gasteiger partial charge in [0.15, 0.2) is 0 Å². The highest BCUT2D eigenvalue weighted by Crippen LogP contribution is 2.26. The number of rotatable bonds is 4. The quantitative estimate of drug-likeness (QED) is 0.798. The van der Waals surface area contributed by atoms with Crippen molar-refractivity contribution in [3.8, 4) is 0 Å². The van der Waals surface area contributed by atoms with Crippen molar-refractivity contribution in [1.82, 2.24) is 4.31 Å². The lowest BCUT2D eigenvalue weighted by Gasteiger charge is -2.19. The summed E-state index contributed by atoms with van der Waals surface area (Å²) in [6.45, 7) is 2.11. The fourth-order valence-corrected chi connectivity index (χ4v) is 3.96. The topological polar surface area (TPSA) is 83.6 Å². The van der Waals surface area contributed by atoms with Crippen LogP contribution >= 0.6 is 12.2 Å². The van der Waals surface area contributed by atoms with Crippen molar-refractivity contribution in [3.63, 3.8) is 0 Å². The maximum atomic E-state index is 12.4. The first kappa shape index (κ1) is 15.4. The lowest BCUT2D eigenvalue weighted by molar-refractivity contribution is 0.0762. The second kappa shape index (κ2) is 5.40. The summed E-state index contributed by atoms with van der Waals surface area (Å²) in [5, 5.41) is 9.88. The standard InChI is InChI=1S/C13H18N2O3S2/c1-13(16)6-7-15(9-13)20(17,18)11-4-2-10(3-5-11)8-12(14)19/h2-5,16H,6-9H2,1H3,(H2,14,19). The summed E-state index contributed by atoms with van der Waals surface area (Å²) in [5.41, 5.74) is 5.39. The summed E-state index contributed by atoms with van der Waals surface area (Å²) in [5.74, 6) is 0. The average Bonchev–Trinajstić information content (AvgIpc) is 2.70. The van der Waals surface area contributed by atoms with Crippen LogP contribution in [0.5, 0.6) is 0 Å². The molecule has 110 valence electrons. The number of β-amino-alcohol motifs (C(OH)–C–C–N with tert-alkyl or cyclic N) is 1.